The molecule has 1 rings (SSSR count). The number of likely N-dealkylation sites (tertiary alicyclic amines) is 1. The second kappa shape index (κ2) is 7.94. The number of esters is 1. The van der Waals surface area contributed by atoms with Crippen LogP contribution in [-0.2, 0) is 14.3 Å². The maximum atomic E-state index is 12.1. The summed E-state index contributed by atoms with van der Waals surface area (Å²) in [6.45, 7) is 5.77. The molecule has 5 heteroatoms. The number of carbonyl (C=O) groups is 2. The summed E-state index contributed by atoms with van der Waals surface area (Å²) in [4.78, 5) is 25.2. The topological polar surface area (TPSA) is 58.6 Å². The molecular formula is C14H24N2O3. The summed E-state index contributed by atoms with van der Waals surface area (Å²) in [5.41, 5.74) is 0.549. The molecule has 1 unspecified atom stereocenters. The molecule has 1 aliphatic heterocycles. The Morgan fingerprint density at radius 2 is 1.95 bits per heavy atom. The number of nitrogens with one attached hydrogen (secondary N) is 1. The first-order valence-corrected chi connectivity index (χ1v) is 6.83. The first kappa shape index (κ1) is 15.7. The fraction of sp³-hybridized carbons (Fsp3) is 0.714. The molecule has 0 aromatic rings. The highest BCUT2D eigenvalue weighted by Gasteiger charge is 2.21. The zero-order chi connectivity index (χ0) is 14.3. The van der Waals surface area contributed by atoms with Crippen molar-refractivity contribution in [2.45, 2.75) is 39.2 Å². The van der Waals surface area contributed by atoms with E-state index in [0.29, 0.717) is 12.1 Å². The number of carbonyl (C=O) groups excluding carboxylic acids is 2. The van der Waals surface area contributed by atoms with Crippen molar-refractivity contribution in [3.8, 4) is 0 Å². The summed E-state index contributed by atoms with van der Waals surface area (Å²) in [5.74, 6) is -0.194. The Labute approximate surface area is 115 Å². The SMILES string of the molecule is COC(=O)C(C)=CCNC(C)C(=O)N1CCCCC1. The Balaban J connectivity index is 2.36. The third-order valence-electron chi connectivity index (χ3n) is 3.38. The molecule has 0 saturated carbocycles. The number of methoxy groups -OCH3 is 1. The molecule has 1 saturated heterocycles. The lowest BCUT2D eigenvalue weighted by molar-refractivity contribution is -0.136. The second-order valence-corrected chi connectivity index (χ2v) is 4.89. The van der Waals surface area contributed by atoms with Gasteiger partial charge in [-0.25, -0.2) is 4.79 Å². The van der Waals surface area contributed by atoms with Crippen LogP contribution >= 0.6 is 0 Å². The molecule has 0 radical (unpaired) electrons. The summed E-state index contributed by atoms with van der Waals surface area (Å²) >= 11 is 0. The Kier molecular flexibility index (Phi) is 6.56. The van der Waals surface area contributed by atoms with Gasteiger partial charge in [-0.1, -0.05) is 6.08 Å². The third-order valence-corrected chi connectivity index (χ3v) is 3.38. The van der Waals surface area contributed by atoms with Crippen molar-refractivity contribution in [2.75, 3.05) is 26.7 Å². The number of rotatable bonds is 5. The number of hydrogen-bond donors (Lipinski definition) is 1. The predicted octanol–water partition coefficient (Wildman–Crippen LogP) is 1.10. The minimum absolute atomic E-state index is 0.142. The number of hydrogen-bond acceptors (Lipinski definition) is 4. The fourth-order valence-electron chi connectivity index (χ4n) is 2.11. The zero-order valence-electron chi connectivity index (χ0n) is 12.1. The van der Waals surface area contributed by atoms with Crippen LogP contribution < -0.4 is 5.32 Å². The summed E-state index contributed by atoms with van der Waals surface area (Å²) in [6.07, 6.45) is 5.15. The largest absolute Gasteiger partial charge is 0.466 e. The molecule has 0 aromatic heterocycles. The van der Waals surface area contributed by atoms with Gasteiger partial charge in [0.1, 0.15) is 0 Å². The van der Waals surface area contributed by atoms with Gasteiger partial charge in [-0.05, 0) is 33.1 Å². The van der Waals surface area contributed by atoms with Crippen molar-refractivity contribution in [3.05, 3.63) is 11.6 Å². The molecule has 108 valence electrons. The van der Waals surface area contributed by atoms with Crippen molar-refractivity contribution >= 4 is 11.9 Å². The average Bonchev–Trinajstić information content (AvgIpc) is 2.46. The minimum atomic E-state index is -0.336. The van der Waals surface area contributed by atoms with Crippen LogP contribution in [0.2, 0.25) is 0 Å². The lowest BCUT2D eigenvalue weighted by Gasteiger charge is -2.29. The van der Waals surface area contributed by atoms with E-state index in [4.69, 9.17) is 0 Å². The average molecular weight is 268 g/mol. The van der Waals surface area contributed by atoms with Crippen LogP contribution in [0, 0.1) is 0 Å². The van der Waals surface area contributed by atoms with Crippen molar-refractivity contribution in [3.63, 3.8) is 0 Å². The van der Waals surface area contributed by atoms with E-state index in [0.717, 1.165) is 25.9 Å². The third kappa shape index (κ3) is 5.03. The summed E-state index contributed by atoms with van der Waals surface area (Å²) in [6, 6.07) is -0.222. The highest BCUT2D eigenvalue weighted by atomic mass is 16.5. The normalized spacial score (nSPS) is 18.1. The maximum absolute atomic E-state index is 12.1. The van der Waals surface area contributed by atoms with Crippen molar-refractivity contribution in [1.29, 1.82) is 0 Å². The molecule has 5 nitrogen and oxygen atoms in total. The van der Waals surface area contributed by atoms with E-state index in [-0.39, 0.29) is 17.9 Å². The molecule has 1 atom stereocenters. The molecule has 0 spiro atoms. The van der Waals surface area contributed by atoms with Gasteiger partial charge in [0.2, 0.25) is 5.91 Å². The Morgan fingerprint density at radius 1 is 1.32 bits per heavy atom. The van der Waals surface area contributed by atoms with Crippen LogP contribution in [0.5, 0.6) is 0 Å². The molecule has 1 N–H and O–H groups in total. The highest BCUT2D eigenvalue weighted by Crippen LogP contribution is 2.09. The molecule has 1 fully saturated rings. The number of piperidine rings is 1. The summed E-state index contributed by atoms with van der Waals surface area (Å²) in [5, 5.41) is 3.11. The summed E-state index contributed by atoms with van der Waals surface area (Å²) in [7, 11) is 1.36. The van der Waals surface area contributed by atoms with Crippen LogP contribution in [0.1, 0.15) is 33.1 Å². The van der Waals surface area contributed by atoms with Crippen molar-refractivity contribution in [2.24, 2.45) is 0 Å². The molecule has 1 amide bonds. The van der Waals surface area contributed by atoms with Crippen molar-refractivity contribution < 1.29 is 14.3 Å². The summed E-state index contributed by atoms with van der Waals surface area (Å²) < 4.78 is 4.60. The lowest BCUT2D eigenvalue weighted by Crippen LogP contribution is -2.46. The maximum Gasteiger partial charge on any atom is 0.333 e. The lowest BCUT2D eigenvalue weighted by atomic mass is 10.1. The van der Waals surface area contributed by atoms with E-state index in [2.05, 4.69) is 10.1 Å². The molecule has 0 bridgehead atoms. The van der Waals surface area contributed by atoms with E-state index in [1.165, 1.54) is 13.5 Å². The van der Waals surface area contributed by atoms with Gasteiger partial charge in [0.05, 0.1) is 13.2 Å². The first-order valence-electron chi connectivity index (χ1n) is 6.83. The number of ether oxygens (including phenoxy) is 1. The molecular weight excluding hydrogens is 244 g/mol. The van der Waals surface area contributed by atoms with E-state index in [1.54, 1.807) is 13.0 Å². The van der Waals surface area contributed by atoms with E-state index >= 15 is 0 Å². The molecule has 0 aliphatic carbocycles. The first-order chi connectivity index (χ1) is 9.06. The molecule has 0 aromatic carbocycles. The van der Waals surface area contributed by atoms with Crippen LogP contribution in [0.3, 0.4) is 0 Å². The Morgan fingerprint density at radius 3 is 2.53 bits per heavy atom. The van der Waals surface area contributed by atoms with Gasteiger partial charge in [-0.3, -0.25) is 4.79 Å². The number of nitrogens with zero attached hydrogens (tertiary/aromatic N) is 1. The van der Waals surface area contributed by atoms with Crippen LogP contribution in [0.4, 0.5) is 0 Å². The Hall–Kier alpha value is -1.36. The molecule has 1 heterocycles. The second-order valence-electron chi connectivity index (χ2n) is 4.89. The van der Waals surface area contributed by atoms with Crippen LogP contribution in [0.15, 0.2) is 11.6 Å². The standard InChI is InChI=1S/C14H24N2O3/c1-11(14(18)19-3)7-8-15-12(2)13(17)16-9-5-4-6-10-16/h7,12,15H,4-6,8-10H2,1-3H3. The fourth-order valence-corrected chi connectivity index (χ4v) is 2.11. The van der Waals surface area contributed by atoms with Gasteiger partial charge < -0.3 is 15.0 Å². The zero-order valence-corrected chi connectivity index (χ0v) is 12.1. The predicted molar refractivity (Wildman–Crippen MR) is 73.7 cm³/mol. The van der Waals surface area contributed by atoms with Gasteiger partial charge >= 0.3 is 5.97 Å². The van der Waals surface area contributed by atoms with Gasteiger partial charge in [0.25, 0.3) is 0 Å². The Bertz CT molecular complexity index is 347. The monoisotopic (exact) mass is 268 g/mol. The van der Waals surface area contributed by atoms with E-state index in [1.807, 2.05) is 11.8 Å². The van der Waals surface area contributed by atoms with Gasteiger partial charge in [-0.2, -0.15) is 0 Å². The molecule has 19 heavy (non-hydrogen) atoms. The van der Waals surface area contributed by atoms with Crippen LogP contribution in [0.25, 0.3) is 0 Å². The van der Waals surface area contributed by atoms with E-state index in [9.17, 15) is 9.59 Å². The highest BCUT2D eigenvalue weighted by molar-refractivity contribution is 5.87. The quantitative estimate of drug-likeness (QED) is 0.599. The molecule has 1 aliphatic rings. The van der Waals surface area contributed by atoms with Crippen molar-refractivity contribution in [1.82, 2.24) is 10.2 Å². The van der Waals surface area contributed by atoms with Gasteiger partial charge in [0, 0.05) is 25.2 Å². The minimum Gasteiger partial charge on any atom is -0.466 e. The van der Waals surface area contributed by atoms with E-state index < -0.39 is 0 Å². The van der Waals surface area contributed by atoms with Gasteiger partial charge in [-0.15, -0.1) is 0 Å². The van der Waals surface area contributed by atoms with Crippen LogP contribution in [-0.4, -0.2) is 49.6 Å². The number of amides is 1. The van der Waals surface area contributed by atoms with Gasteiger partial charge in [0.15, 0.2) is 0 Å². The smallest absolute Gasteiger partial charge is 0.333 e.